The van der Waals surface area contributed by atoms with Gasteiger partial charge in [0, 0.05) is 47.3 Å². The van der Waals surface area contributed by atoms with Crippen LogP contribution in [0.3, 0.4) is 0 Å². The number of benzene rings is 4. The van der Waals surface area contributed by atoms with E-state index in [0.717, 1.165) is 41.0 Å². The molecule has 12 nitrogen and oxygen atoms in total. The summed E-state index contributed by atoms with van der Waals surface area (Å²) in [5.41, 5.74) is 4.73. The molecule has 0 saturated carbocycles. The Morgan fingerprint density at radius 2 is 1.72 bits per heavy atom. The van der Waals surface area contributed by atoms with Gasteiger partial charge in [0.2, 0.25) is 21.8 Å². The van der Waals surface area contributed by atoms with E-state index in [1.54, 1.807) is 54.6 Å². The molecule has 4 aliphatic rings. The van der Waals surface area contributed by atoms with Gasteiger partial charge in [-0.05, 0) is 104 Å². The van der Waals surface area contributed by atoms with Crippen LogP contribution in [-0.2, 0) is 19.6 Å². The Hall–Kier alpha value is -5.09. The lowest BCUT2D eigenvalue weighted by Gasteiger charge is -2.39. The average molecular weight is 826 g/mol. The van der Waals surface area contributed by atoms with Crippen LogP contribution in [0.2, 0.25) is 0 Å². The van der Waals surface area contributed by atoms with Crippen molar-refractivity contribution in [2.75, 3.05) is 36.1 Å². The number of hydrogen-bond acceptors (Lipinski definition) is 10. The van der Waals surface area contributed by atoms with Crippen LogP contribution in [0.1, 0.15) is 76.4 Å². The number of imide groups is 2. The monoisotopic (exact) mass is 825 g/mol. The zero-order valence-corrected chi connectivity index (χ0v) is 33.5. The van der Waals surface area contributed by atoms with E-state index in [4.69, 9.17) is 0 Å². The van der Waals surface area contributed by atoms with Crippen molar-refractivity contribution in [1.29, 1.82) is 0 Å². The summed E-state index contributed by atoms with van der Waals surface area (Å²) in [6.07, 6.45) is 3.27. The second-order valence-electron chi connectivity index (χ2n) is 15.2. The second kappa shape index (κ2) is 16.3. The van der Waals surface area contributed by atoms with Crippen molar-refractivity contribution in [1.82, 2.24) is 14.5 Å². The number of sulfonamides is 1. The minimum absolute atomic E-state index is 0.0630. The summed E-state index contributed by atoms with van der Waals surface area (Å²) in [6, 6.07) is 20.5. The topological polar surface area (TPSA) is 165 Å². The molecule has 4 heterocycles. The highest BCUT2D eigenvalue weighted by Crippen LogP contribution is 2.49. The molecular formula is C43H44FN5O7S2. The van der Waals surface area contributed by atoms with Crippen molar-refractivity contribution >= 4 is 56.8 Å². The van der Waals surface area contributed by atoms with E-state index in [1.165, 1.54) is 22.1 Å². The van der Waals surface area contributed by atoms with Crippen LogP contribution in [-0.4, -0.2) is 83.9 Å². The summed E-state index contributed by atoms with van der Waals surface area (Å²) >= 11 is 1.48. The molecule has 4 aromatic carbocycles. The van der Waals surface area contributed by atoms with Gasteiger partial charge in [-0.1, -0.05) is 36.2 Å². The number of carbonyl (C=O) groups is 4. The third-order valence-electron chi connectivity index (χ3n) is 11.6. The fourth-order valence-electron chi connectivity index (χ4n) is 8.58. The minimum atomic E-state index is -3.85. The number of fused-ring (bicyclic) bond motifs is 4. The van der Waals surface area contributed by atoms with Crippen LogP contribution in [0.25, 0.3) is 11.1 Å². The largest absolute Gasteiger partial charge is 0.394 e. The zero-order chi connectivity index (χ0) is 40.7. The fraction of sp³-hybridized carbons (Fsp3) is 0.349. The second-order valence-corrected chi connectivity index (χ2v) is 18.2. The van der Waals surface area contributed by atoms with Crippen molar-refractivity contribution in [3.8, 4) is 11.1 Å². The molecule has 4 N–H and O–H groups in total. The van der Waals surface area contributed by atoms with Gasteiger partial charge >= 0.3 is 0 Å². The van der Waals surface area contributed by atoms with Gasteiger partial charge in [-0.3, -0.25) is 29.4 Å². The van der Waals surface area contributed by atoms with Crippen LogP contribution in [0.5, 0.6) is 0 Å². The third-order valence-corrected chi connectivity index (χ3v) is 14.6. The summed E-state index contributed by atoms with van der Waals surface area (Å²) in [6.45, 7) is 2.70. The molecule has 0 spiro atoms. The van der Waals surface area contributed by atoms with Crippen molar-refractivity contribution in [3.63, 3.8) is 0 Å². The van der Waals surface area contributed by atoms with Crippen molar-refractivity contribution in [3.05, 3.63) is 107 Å². The molecule has 0 aliphatic carbocycles. The molecule has 0 aromatic heterocycles. The average Bonchev–Trinajstić information content (AvgIpc) is 3.78. The first-order valence-corrected chi connectivity index (χ1v) is 22.0. The summed E-state index contributed by atoms with van der Waals surface area (Å²) in [7, 11) is -3.85. The quantitative estimate of drug-likeness (QED) is 0.0702. The summed E-state index contributed by atoms with van der Waals surface area (Å²) in [5.74, 6) is -1.96. The standard InChI is InChI=1S/C43H44FN5O7S2/c1-25-8-12-28(13-9-25)58(55,56)48-20-18-29-35(24-50)46-34-15-10-26(22-32(34)40(29)48)31-23-27(11-14-33(31)44)45-19-3-2-4-21-57-37-7-5-6-30-39(37)43(54)49(42(30)53)36-16-17-38(51)47-41(36)52/h5-15,22-23,29,35-36,40,45-46,50H,2-4,16-21,24H2,1H3,(H,47,51,52)/t29-,35-,36?,40-/m1/s1. The van der Waals surface area contributed by atoms with Crippen molar-refractivity contribution in [2.45, 2.75) is 73.4 Å². The first kappa shape index (κ1) is 39.7. The van der Waals surface area contributed by atoms with Gasteiger partial charge < -0.3 is 15.7 Å². The number of thioether (sulfide) groups is 1. The van der Waals surface area contributed by atoms with Crippen LogP contribution in [0.4, 0.5) is 15.8 Å². The maximum absolute atomic E-state index is 15.5. The molecule has 4 aromatic rings. The Labute approximate surface area is 340 Å². The lowest BCUT2D eigenvalue weighted by atomic mass is 9.82. The van der Waals surface area contributed by atoms with Crippen LogP contribution < -0.4 is 16.0 Å². The van der Waals surface area contributed by atoms with E-state index >= 15 is 4.39 Å². The van der Waals surface area contributed by atoms with E-state index in [2.05, 4.69) is 16.0 Å². The molecular weight excluding hydrogens is 782 g/mol. The molecule has 1 unspecified atom stereocenters. The number of carbonyl (C=O) groups excluding carboxylic acids is 4. The van der Waals surface area contributed by atoms with Gasteiger partial charge in [-0.25, -0.2) is 12.8 Å². The third kappa shape index (κ3) is 7.40. The SMILES string of the molecule is Cc1ccc(S(=O)(=O)N2CC[C@@H]3[C@@H](CO)Nc4ccc(-c5cc(NCCCCCSc6cccc7c6C(=O)N(C6CCC(=O)NC6=O)C7=O)ccc5F)cc4[C@@H]32)cc1. The van der Waals surface area contributed by atoms with Crippen molar-refractivity contribution < 1.29 is 37.1 Å². The Kier molecular flexibility index (Phi) is 11.1. The number of anilines is 2. The van der Waals surface area contributed by atoms with Crippen LogP contribution in [0.15, 0.2) is 88.7 Å². The van der Waals surface area contributed by atoms with E-state index in [-0.39, 0.29) is 41.9 Å². The Bertz CT molecular complexity index is 2410. The van der Waals surface area contributed by atoms with E-state index in [0.29, 0.717) is 52.5 Å². The molecule has 0 radical (unpaired) electrons. The highest BCUT2D eigenvalue weighted by Gasteiger charge is 2.49. The van der Waals surface area contributed by atoms with Crippen molar-refractivity contribution in [2.24, 2.45) is 5.92 Å². The number of aliphatic hydroxyl groups excluding tert-OH is 1. The number of nitrogens with one attached hydrogen (secondary N) is 3. The molecule has 4 atom stereocenters. The van der Waals surface area contributed by atoms with E-state index in [9.17, 15) is 32.7 Å². The predicted octanol–water partition coefficient (Wildman–Crippen LogP) is 6.12. The Morgan fingerprint density at radius 1 is 0.914 bits per heavy atom. The minimum Gasteiger partial charge on any atom is -0.394 e. The number of nitrogens with zero attached hydrogens (tertiary/aromatic N) is 2. The van der Waals surface area contributed by atoms with Gasteiger partial charge in [-0.2, -0.15) is 4.31 Å². The van der Waals surface area contributed by atoms with Gasteiger partial charge in [0.25, 0.3) is 11.8 Å². The van der Waals surface area contributed by atoms with Crippen LogP contribution in [0, 0.1) is 18.7 Å². The smallest absolute Gasteiger partial charge is 0.263 e. The summed E-state index contributed by atoms with van der Waals surface area (Å²) in [5, 5.41) is 19.3. The Morgan fingerprint density at radius 3 is 2.50 bits per heavy atom. The summed E-state index contributed by atoms with van der Waals surface area (Å²) < 4.78 is 45.0. The fourth-order valence-corrected chi connectivity index (χ4v) is 11.3. The van der Waals surface area contributed by atoms with Crippen LogP contribution >= 0.6 is 11.8 Å². The molecule has 15 heteroatoms. The number of hydrogen-bond donors (Lipinski definition) is 4. The number of aryl methyl sites for hydroxylation is 1. The molecule has 8 rings (SSSR count). The number of piperidine rings is 1. The number of unbranched alkanes of at least 4 members (excludes halogenated alkanes) is 2. The molecule has 2 fully saturated rings. The van der Waals surface area contributed by atoms with E-state index in [1.807, 2.05) is 25.1 Å². The zero-order valence-electron chi connectivity index (χ0n) is 31.9. The maximum atomic E-state index is 15.5. The molecule has 0 bridgehead atoms. The van der Waals surface area contributed by atoms with Gasteiger partial charge in [0.1, 0.15) is 11.9 Å². The number of amides is 4. The maximum Gasteiger partial charge on any atom is 0.263 e. The lowest BCUT2D eigenvalue weighted by Crippen LogP contribution is -2.54. The highest BCUT2D eigenvalue weighted by atomic mass is 32.2. The number of aliphatic hydroxyl groups is 1. The van der Waals surface area contributed by atoms with Gasteiger partial charge in [0.15, 0.2) is 0 Å². The highest BCUT2D eigenvalue weighted by molar-refractivity contribution is 7.99. The molecule has 4 aliphatic heterocycles. The normalized spacial score (nSPS) is 21.7. The lowest BCUT2D eigenvalue weighted by molar-refractivity contribution is -0.136. The first-order chi connectivity index (χ1) is 28.0. The summed E-state index contributed by atoms with van der Waals surface area (Å²) in [4.78, 5) is 52.5. The van der Waals surface area contributed by atoms with Gasteiger partial charge in [0.05, 0.1) is 34.7 Å². The number of halogens is 1. The van der Waals surface area contributed by atoms with E-state index < -0.39 is 51.6 Å². The molecule has 4 amide bonds. The predicted molar refractivity (Wildman–Crippen MR) is 218 cm³/mol. The number of rotatable bonds is 13. The molecule has 302 valence electrons. The Balaban J connectivity index is 0.893. The van der Waals surface area contributed by atoms with Gasteiger partial charge in [-0.15, -0.1) is 11.8 Å². The first-order valence-electron chi connectivity index (χ1n) is 19.6. The molecule has 58 heavy (non-hydrogen) atoms. The molecule has 2 saturated heterocycles.